The van der Waals surface area contributed by atoms with Crippen LogP contribution in [0.5, 0.6) is 5.75 Å². The van der Waals surface area contributed by atoms with E-state index >= 15 is 0 Å². The maximum atomic E-state index is 13.4. The Morgan fingerprint density at radius 1 is 1.14 bits per heavy atom. The quantitative estimate of drug-likeness (QED) is 0.371. The average Bonchev–Trinajstić information content (AvgIpc) is 3.14. The van der Waals surface area contributed by atoms with Gasteiger partial charge in [-0.15, -0.1) is 0 Å². The Kier molecular flexibility index (Phi) is 8.74. The molecule has 36 heavy (non-hydrogen) atoms. The first kappa shape index (κ1) is 26.7. The number of Topliss-reactive ketones (excluding diaryl/α,β-unsaturated/α-hetero) is 1. The number of carbonyl (C=O) groups excluding carboxylic acids is 2. The van der Waals surface area contributed by atoms with Crippen molar-refractivity contribution in [3.8, 4) is 5.75 Å². The molecular weight excluding hydrogens is 472 g/mol. The number of hydrogen-bond donors (Lipinski definition) is 0. The summed E-state index contributed by atoms with van der Waals surface area (Å²) in [5.74, 6) is 1.05. The SMILES string of the molecule is CCC(=O)CC1C(=O)N(C2CCN(CCC(Oc3cc(C)ccc3Cl)C(C)C)CC2)c2ccccc21. The number of ketones is 1. The molecule has 2 heterocycles. The highest BCUT2D eigenvalue weighted by Gasteiger charge is 2.41. The monoisotopic (exact) mass is 510 g/mol. The lowest BCUT2D eigenvalue weighted by atomic mass is 9.94. The van der Waals surface area contributed by atoms with Crippen molar-refractivity contribution in [3.05, 3.63) is 58.6 Å². The van der Waals surface area contributed by atoms with E-state index in [0.29, 0.717) is 23.8 Å². The molecule has 1 saturated heterocycles. The largest absolute Gasteiger partial charge is 0.489 e. The van der Waals surface area contributed by atoms with E-state index in [-0.39, 0.29) is 29.8 Å². The van der Waals surface area contributed by atoms with Crippen LogP contribution in [0.2, 0.25) is 5.02 Å². The first-order valence-corrected chi connectivity index (χ1v) is 13.7. The van der Waals surface area contributed by atoms with Crippen LogP contribution in [0.1, 0.15) is 69.9 Å². The van der Waals surface area contributed by atoms with Crippen LogP contribution in [0.15, 0.2) is 42.5 Å². The van der Waals surface area contributed by atoms with Gasteiger partial charge in [-0.05, 0) is 61.4 Å². The zero-order valence-corrected chi connectivity index (χ0v) is 22.8. The number of ether oxygens (including phenoxy) is 1. The summed E-state index contributed by atoms with van der Waals surface area (Å²) < 4.78 is 6.35. The summed E-state index contributed by atoms with van der Waals surface area (Å²) in [6.45, 7) is 11.2. The van der Waals surface area contributed by atoms with Gasteiger partial charge in [-0.2, -0.15) is 0 Å². The predicted molar refractivity (Wildman–Crippen MR) is 146 cm³/mol. The number of likely N-dealkylation sites (tertiary alicyclic amines) is 1. The van der Waals surface area contributed by atoms with E-state index in [1.54, 1.807) is 0 Å². The maximum Gasteiger partial charge on any atom is 0.235 e. The van der Waals surface area contributed by atoms with Gasteiger partial charge >= 0.3 is 0 Å². The van der Waals surface area contributed by atoms with Crippen LogP contribution in [0.3, 0.4) is 0 Å². The van der Waals surface area contributed by atoms with E-state index in [0.717, 1.165) is 61.5 Å². The molecule has 2 unspecified atom stereocenters. The van der Waals surface area contributed by atoms with Crippen LogP contribution in [0, 0.1) is 12.8 Å². The van der Waals surface area contributed by atoms with Crippen molar-refractivity contribution >= 4 is 29.0 Å². The maximum absolute atomic E-state index is 13.4. The Labute approximate surface area is 220 Å². The van der Waals surface area contributed by atoms with Gasteiger partial charge in [0.2, 0.25) is 5.91 Å². The number of benzene rings is 2. The number of carbonyl (C=O) groups is 2. The molecule has 1 amide bonds. The predicted octanol–water partition coefficient (Wildman–Crippen LogP) is 6.41. The number of nitrogens with zero attached hydrogens (tertiary/aromatic N) is 2. The number of hydrogen-bond acceptors (Lipinski definition) is 4. The molecule has 0 radical (unpaired) electrons. The van der Waals surface area contributed by atoms with Gasteiger partial charge in [-0.3, -0.25) is 9.59 Å². The molecule has 194 valence electrons. The van der Waals surface area contributed by atoms with Crippen molar-refractivity contribution in [1.29, 1.82) is 0 Å². The highest BCUT2D eigenvalue weighted by molar-refractivity contribution is 6.32. The first-order chi connectivity index (χ1) is 17.3. The Morgan fingerprint density at radius 2 is 1.86 bits per heavy atom. The molecule has 2 aliphatic heterocycles. The van der Waals surface area contributed by atoms with E-state index in [2.05, 4.69) is 18.7 Å². The Hall–Kier alpha value is -2.37. The number of piperidine rings is 1. The lowest BCUT2D eigenvalue weighted by Crippen LogP contribution is -2.47. The number of para-hydroxylation sites is 1. The van der Waals surface area contributed by atoms with Gasteiger partial charge in [0.1, 0.15) is 17.6 Å². The standard InChI is InChI=1S/C30H39ClN2O3/c1-5-23(34)19-25-24-8-6-7-9-27(24)33(30(25)35)22-12-15-32(16-13-22)17-14-28(20(2)3)36-29-18-21(4)10-11-26(29)31/h6-11,18,20,22,25,28H,5,12-17,19H2,1-4H3. The van der Waals surface area contributed by atoms with E-state index < -0.39 is 0 Å². The minimum absolute atomic E-state index is 0.0888. The molecule has 6 heteroatoms. The second-order valence-corrected chi connectivity index (χ2v) is 11.0. The first-order valence-electron chi connectivity index (χ1n) is 13.4. The van der Waals surface area contributed by atoms with Crippen molar-refractivity contribution in [2.24, 2.45) is 5.92 Å². The van der Waals surface area contributed by atoms with Gasteiger partial charge in [0.05, 0.1) is 10.9 Å². The molecule has 1 fully saturated rings. The van der Waals surface area contributed by atoms with Gasteiger partial charge in [0.25, 0.3) is 0 Å². The topological polar surface area (TPSA) is 49.9 Å². The molecule has 0 N–H and O–H groups in total. The number of amides is 1. The Balaban J connectivity index is 1.35. The molecule has 5 nitrogen and oxygen atoms in total. The second-order valence-electron chi connectivity index (χ2n) is 10.6. The second kappa shape index (κ2) is 11.8. The third-order valence-electron chi connectivity index (χ3n) is 7.69. The molecule has 2 aliphatic rings. The summed E-state index contributed by atoms with van der Waals surface area (Å²) in [4.78, 5) is 30.1. The minimum atomic E-state index is -0.330. The summed E-state index contributed by atoms with van der Waals surface area (Å²) in [7, 11) is 0. The molecule has 2 aromatic rings. The zero-order valence-electron chi connectivity index (χ0n) is 22.0. The minimum Gasteiger partial charge on any atom is -0.489 e. The van der Waals surface area contributed by atoms with Gasteiger partial charge in [0, 0.05) is 44.2 Å². The van der Waals surface area contributed by atoms with Gasteiger partial charge in [-0.1, -0.05) is 56.6 Å². The van der Waals surface area contributed by atoms with Crippen LogP contribution < -0.4 is 9.64 Å². The smallest absolute Gasteiger partial charge is 0.235 e. The van der Waals surface area contributed by atoms with E-state index in [1.165, 1.54) is 0 Å². The van der Waals surface area contributed by atoms with Crippen LogP contribution in [0.4, 0.5) is 5.69 Å². The van der Waals surface area contributed by atoms with Crippen LogP contribution in [-0.2, 0) is 9.59 Å². The summed E-state index contributed by atoms with van der Waals surface area (Å²) in [6.07, 6.45) is 3.67. The fourth-order valence-corrected chi connectivity index (χ4v) is 5.63. The van der Waals surface area contributed by atoms with Crippen molar-refractivity contribution in [2.75, 3.05) is 24.5 Å². The lowest BCUT2D eigenvalue weighted by molar-refractivity contribution is -0.125. The average molecular weight is 511 g/mol. The molecule has 0 bridgehead atoms. The molecule has 0 aliphatic carbocycles. The molecule has 2 aromatic carbocycles. The van der Waals surface area contributed by atoms with Crippen molar-refractivity contribution < 1.29 is 14.3 Å². The van der Waals surface area contributed by atoms with Gasteiger partial charge in [-0.25, -0.2) is 0 Å². The molecule has 0 aromatic heterocycles. The number of fused-ring (bicyclic) bond motifs is 1. The molecule has 0 spiro atoms. The third-order valence-corrected chi connectivity index (χ3v) is 8.01. The summed E-state index contributed by atoms with van der Waals surface area (Å²) in [5.41, 5.74) is 3.15. The number of anilines is 1. The van der Waals surface area contributed by atoms with Crippen LogP contribution >= 0.6 is 11.6 Å². The summed E-state index contributed by atoms with van der Waals surface area (Å²) in [5, 5.41) is 0.654. The fourth-order valence-electron chi connectivity index (χ4n) is 5.47. The number of aryl methyl sites for hydroxylation is 1. The van der Waals surface area contributed by atoms with Crippen molar-refractivity contribution in [1.82, 2.24) is 4.90 Å². The highest BCUT2D eigenvalue weighted by Crippen LogP contribution is 2.42. The molecule has 0 saturated carbocycles. The van der Waals surface area contributed by atoms with Gasteiger partial charge < -0.3 is 14.5 Å². The van der Waals surface area contributed by atoms with Gasteiger partial charge in [0.15, 0.2) is 0 Å². The fraction of sp³-hybridized carbons (Fsp3) is 0.533. The number of rotatable bonds is 10. The summed E-state index contributed by atoms with van der Waals surface area (Å²) >= 11 is 6.38. The van der Waals surface area contributed by atoms with E-state index in [9.17, 15) is 9.59 Å². The third kappa shape index (κ3) is 5.95. The van der Waals surface area contributed by atoms with Crippen molar-refractivity contribution in [3.63, 3.8) is 0 Å². The Morgan fingerprint density at radius 3 is 2.56 bits per heavy atom. The normalized spacial score (nSPS) is 19.6. The summed E-state index contributed by atoms with van der Waals surface area (Å²) in [6, 6.07) is 14.1. The highest BCUT2D eigenvalue weighted by atomic mass is 35.5. The molecule has 2 atom stereocenters. The van der Waals surface area contributed by atoms with E-state index in [1.807, 2.05) is 61.2 Å². The molecule has 4 rings (SSSR count). The van der Waals surface area contributed by atoms with Crippen molar-refractivity contribution in [2.45, 2.75) is 77.9 Å². The van der Waals surface area contributed by atoms with Crippen LogP contribution in [0.25, 0.3) is 0 Å². The van der Waals surface area contributed by atoms with Crippen LogP contribution in [-0.4, -0.2) is 48.4 Å². The van der Waals surface area contributed by atoms with E-state index in [4.69, 9.17) is 16.3 Å². The zero-order chi connectivity index (χ0) is 25.8. The lowest BCUT2D eigenvalue weighted by Gasteiger charge is -2.38. The number of halogens is 1. The Bertz CT molecular complexity index is 1080. The molecular formula is C30H39ClN2O3.